The molecule has 1 aliphatic rings. The number of hydrogen-bond acceptors (Lipinski definition) is 8. The van der Waals surface area contributed by atoms with Gasteiger partial charge >= 0.3 is 5.97 Å². The van der Waals surface area contributed by atoms with Gasteiger partial charge in [-0.15, -0.1) is 0 Å². The summed E-state index contributed by atoms with van der Waals surface area (Å²) < 4.78 is 38.4. The van der Waals surface area contributed by atoms with Gasteiger partial charge < -0.3 is 30.5 Å². The normalized spacial score (nSPS) is 17.2. The van der Waals surface area contributed by atoms with E-state index in [1.54, 1.807) is 32.4 Å². The zero-order chi connectivity index (χ0) is 32.6. The van der Waals surface area contributed by atoms with Gasteiger partial charge in [0.15, 0.2) is 9.84 Å². The largest absolute Gasteiger partial charge is 0.496 e. The van der Waals surface area contributed by atoms with Crippen molar-refractivity contribution in [1.82, 2.24) is 10.6 Å². The summed E-state index contributed by atoms with van der Waals surface area (Å²) in [6.07, 6.45) is 1.26. The summed E-state index contributed by atoms with van der Waals surface area (Å²) in [4.78, 5) is 12.6. The van der Waals surface area contributed by atoms with E-state index in [9.17, 15) is 18.3 Å². The maximum absolute atomic E-state index is 14.3. The molecule has 2 atom stereocenters. The molecule has 1 unspecified atom stereocenters. The first-order valence-electron chi connectivity index (χ1n) is 15.4. The standard InChI is InChI=1S/C36H41N3O6S/c1-44-32-13-7-14-33(45-2)34(32)28-17-15-26(16-18-28)21-31(35(40)41)39-25-36(19-8-20-37-24-36)46(42,43)30-12-6-11-29(22-30)38-23-27-9-4-3-5-10-27/h3-7,9-18,22,31,37-39H,8,19-21,23-25H2,1-2H3,(H,40,41)/t31-,36?/m0/s1. The summed E-state index contributed by atoms with van der Waals surface area (Å²) in [6.45, 7) is 1.50. The van der Waals surface area contributed by atoms with Crippen LogP contribution in [0.2, 0.25) is 0 Å². The lowest BCUT2D eigenvalue weighted by Crippen LogP contribution is -2.59. The van der Waals surface area contributed by atoms with Crippen LogP contribution in [-0.2, 0) is 27.6 Å². The molecule has 242 valence electrons. The maximum Gasteiger partial charge on any atom is 0.321 e. The second-order valence-corrected chi connectivity index (χ2v) is 13.9. The number of piperidine rings is 1. The lowest BCUT2D eigenvalue weighted by Gasteiger charge is -2.38. The lowest BCUT2D eigenvalue weighted by atomic mass is 9.96. The number of carboxylic acid groups (broad SMARTS) is 1. The van der Waals surface area contributed by atoms with Crippen molar-refractivity contribution in [3.63, 3.8) is 0 Å². The maximum atomic E-state index is 14.3. The average molecular weight is 644 g/mol. The van der Waals surface area contributed by atoms with E-state index in [4.69, 9.17) is 9.47 Å². The molecule has 4 aromatic rings. The van der Waals surface area contributed by atoms with Crippen LogP contribution in [0.25, 0.3) is 11.1 Å². The Kier molecular flexibility index (Phi) is 10.6. The van der Waals surface area contributed by atoms with Gasteiger partial charge in [0.1, 0.15) is 22.3 Å². The molecule has 1 heterocycles. The minimum Gasteiger partial charge on any atom is -0.496 e. The second kappa shape index (κ2) is 14.8. The molecule has 46 heavy (non-hydrogen) atoms. The number of aliphatic carboxylic acids is 1. The Morgan fingerprint density at radius 3 is 2.24 bits per heavy atom. The fraction of sp³-hybridized carbons (Fsp3) is 0.306. The summed E-state index contributed by atoms with van der Waals surface area (Å²) >= 11 is 0. The highest BCUT2D eigenvalue weighted by Crippen LogP contribution is 2.38. The van der Waals surface area contributed by atoms with Crippen LogP contribution in [0.1, 0.15) is 24.0 Å². The smallest absolute Gasteiger partial charge is 0.321 e. The SMILES string of the molecule is COc1cccc(OC)c1-c1ccc(C[C@H](NCC2(S(=O)(=O)c3cccc(NCc4ccccc4)c3)CCCNC2)C(=O)O)cc1. The molecule has 0 bridgehead atoms. The van der Waals surface area contributed by atoms with Crippen molar-refractivity contribution < 1.29 is 27.8 Å². The van der Waals surface area contributed by atoms with Crippen molar-refractivity contribution in [3.05, 3.63) is 108 Å². The quantitative estimate of drug-likeness (QED) is 0.147. The highest BCUT2D eigenvalue weighted by Gasteiger charge is 2.46. The van der Waals surface area contributed by atoms with Crippen LogP contribution in [0.5, 0.6) is 11.5 Å². The first kappa shape index (κ1) is 33.0. The number of nitrogens with one attached hydrogen (secondary N) is 3. The molecular formula is C36H41N3O6S. The van der Waals surface area contributed by atoms with E-state index in [0.717, 1.165) is 22.3 Å². The van der Waals surface area contributed by atoms with E-state index in [2.05, 4.69) is 16.0 Å². The molecule has 0 aromatic heterocycles. The number of anilines is 1. The Morgan fingerprint density at radius 1 is 0.913 bits per heavy atom. The molecule has 0 amide bonds. The predicted molar refractivity (Wildman–Crippen MR) is 180 cm³/mol. The van der Waals surface area contributed by atoms with Crippen LogP contribution in [0.15, 0.2) is 102 Å². The van der Waals surface area contributed by atoms with Crippen LogP contribution >= 0.6 is 0 Å². The van der Waals surface area contributed by atoms with Crippen LogP contribution in [0.3, 0.4) is 0 Å². The second-order valence-electron chi connectivity index (χ2n) is 11.5. The third kappa shape index (κ3) is 7.36. The van der Waals surface area contributed by atoms with Gasteiger partial charge in [-0.05, 0) is 72.8 Å². The minimum absolute atomic E-state index is 0.00251. The van der Waals surface area contributed by atoms with E-state index in [-0.39, 0.29) is 24.4 Å². The monoisotopic (exact) mass is 643 g/mol. The molecule has 5 rings (SSSR count). The van der Waals surface area contributed by atoms with Gasteiger partial charge in [-0.1, -0.05) is 66.7 Å². The van der Waals surface area contributed by atoms with Crippen molar-refractivity contribution in [2.45, 2.75) is 41.5 Å². The predicted octanol–water partition coefficient (Wildman–Crippen LogP) is 5.16. The first-order chi connectivity index (χ1) is 22.3. The third-order valence-electron chi connectivity index (χ3n) is 8.57. The molecule has 10 heteroatoms. The number of methoxy groups -OCH3 is 2. The molecule has 0 saturated carbocycles. The molecule has 1 saturated heterocycles. The molecular weight excluding hydrogens is 602 g/mol. The fourth-order valence-electron chi connectivity index (χ4n) is 5.97. The number of hydrogen-bond donors (Lipinski definition) is 4. The summed E-state index contributed by atoms with van der Waals surface area (Å²) in [7, 11) is -0.652. The number of benzene rings is 4. The average Bonchev–Trinajstić information content (AvgIpc) is 3.09. The Hall–Kier alpha value is -4.38. The van der Waals surface area contributed by atoms with Crippen molar-refractivity contribution >= 4 is 21.5 Å². The van der Waals surface area contributed by atoms with Crippen molar-refractivity contribution in [2.75, 3.05) is 39.2 Å². The van der Waals surface area contributed by atoms with Gasteiger partial charge in [-0.3, -0.25) is 4.79 Å². The molecule has 0 aliphatic carbocycles. The van der Waals surface area contributed by atoms with Gasteiger partial charge in [0, 0.05) is 25.3 Å². The minimum atomic E-state index is -3.85. The van der Waals surface area contributed by atoms with Crippen LogP contribution in [-0.4, -0.2) is 64.1 Å². The number of carbonyl (C=O) groups is 1. The van der Waals surface area contributed by atoms with Gasteiger partial charge in [0.05, 0.1) is 24.7 Å². The van der Waals surface area contributed by atoms with E-state index in [1.165, 1.54) is 0 Å². The summed E-state index contributed by atoms with van der Waals surface area (Å²) in [5.41, 5.74) is 4.27. The van der Waals surface area contributed by atoms with Crippen LogP contribution < -0.4 is 25.4 Å². The Balaban J connectivity index is 1.33. The molecule has 1 aliphatic heterocycles. The Morgan fingerprint density at radius 2 is 1.61 bits per heavy atom. The van der Waals surface area contributed by atoms with Crippen molar-refractivity contribution in [1.29, 1.82) is 0 Å². The van der Waals surface area contributed by atoms with Gasteiger partial charge in [-0.2, -0.15) is 0 Å². The highest BCUT2D eigenvalue weighted by atomic mass is 32.2. The first-order valence-corrected chi connectivity index (χ1v) is 16.8. The van der Waals surface area contributed by atoms with Crippen LogP contribution in [0, 0.1) is 0 Å². The fourth-order valence-corrected chi connectivity index (χ4v) is 7.99. The topological polar surface area (TPSA) is 126 Å². The molecule has 0 radical (unpaired) electrons. The number of ether oxygens (including phenoxy) is 2. The van der Waals surface area contributed by atoms with Crippen molar-refractivity contribution in [2.24, 2.45) is 0 Å². The van der Waals surface area contributed by atoms with E-state index < -0.39 is 26.6 Å². The number of carboxylic acids is 1. The van der Waals surface area contributed by atoms with Crippen LogP contribution in [0.4, 0.5) is 5.69 Å². The summed E-state index contributed by atoms with van der Waals surface area (Å²) in [6, 6.07) is 28.9. The zero-order valence-electron chi connectivity index (χ0n) is 26.2. The molecule has 4 N–H and O–H groups in total. The number of rotatable bonds is 14. The van der Waals surface area contributed by atoms with E-state index >= 15 is 0 Å². The highest BCUT2D eigenvalue weighted by molar-refractivity contribution is 7.93. The zero-order valence-corrected chi connectivity index (χ0v) is 27.0. The van der Waals surface area contributed by atoms with Gasteiger partial charge in [-0.25, -0.2) is 8.42 Å². The Bertz CT molecular complexity index is 1700. The van der Waals surface area contributed by atoms with Crippen molar-refractivity contribution in [3.8, 4) is 22.6 Å². The Labute approximate surface area is 270 Å². The van der Waals surface area contributed by atoms with Gasteiger partial charge in [0.25, 0.3) is 0 Å². The molecule has 1 fully saturated rings. The van der Waals surface area contributed by atoms with Gasteiger partial charge in [0.2, 0.25) is 0 Å². The summed E-state index contributed by atoms with van der Waals surface area (Å²) in [5, 5.41) is 19.9. The van der Waals surface area contributed by atoms with E-state index in [0.29, 0.717) is 43.1 Å². The lowest BCUT2D eigenvalue weighted by molar-refractivity contribution is -0.139. The number of sulfone groups is 1. The third-order valence-corrected chi connectivity index (χ3v) is 11.1. The summed E-state index contributed by atoms with van der Waals surface area (Å²) in [5.74, 6) is 0.295. The van der Waals surface area contributed by atoms with E-state index in [1.807, 2.05) is 78.9 Å². The molecule has 0 spiro atoms. The molecule has 9 nitrogen and oxygen atoms in total. The molecule has 4 aromatic carbocycles.